The minimum atomic E-state index is -2.85. The Hall–Kier alpha value is -0.0900. The van der Waals surface area contributed by atoms with Crippen LogP contribution in [-0.4, -0.2) is 70.1 Å². The number of nitrogens with zero attached hydrogens (tertiary/aromatic N) is 2. The fourth-order valence-corrected chi connectivity index (χ4v) is 5.28. The third-order valence-electron chi connectivity index (χ3n) is 4.46. The van der Waals surface area contributed by atoms with E-state index in [-0.39, 0.29) is 41.5 Å². The maximum Gasteiger partial charge on any atom is 0.191 e. The zero-order chi connectivity index (χ0) is 16.2. The van der Waals surface area contributed by atoms with Crippen molar-refractivity contribution in [3.05, 3.63) is 0 Å². The summed E-state index contributed by atoms with van der Waals surface area (Å²) < 4.78 is 23.0. The standard InChI is InChI=1S/C15H30N4O2S.HI/c1-12-8-13(2)10-19(9-12)6-5-17-15(16-3)18-14-4-7-22(20,21)11-14;/h12-14H,4-11H2,1-3H3,(H2,16,17,18);1H. The molecular weight excluding hydrogens is 427 g/mol. The molecule has 6 nitrogen and oxygen atoms in total. The van der Waals surface area contributed by atoms with Gasteiger partial charge < -0.3 is 15.5 Å². The van der Waals surface area contributed by atoms with E-state index in [2.05, 4.69) is 34.4 Å². The zero-order valence-corrected chi connectivity index (χ0v) is 17.6. The van der Waals surface area contributed by atoms with Crippen LogP contribution in [0.3, 0.4) is 0 Å². The number of guanidine groups is 1. The summed E-state index contributed by atoms with van der Waals surface area (Å²) in [6.45, 7) is 8.79. The SMILES string of the molecule is CN=C(NCCN1CC(C)CC(C)C1)NC1CCS(=O)(=O)C1.I. The van der Waals surface area contributed by atoms with Crippen molar-refractivity contribution in [2.75, 3.05) is 44.7 Å². The van der Waals surface area contributed by atoms with Crippen molar-refractivity contribution >= 4 is 39.8 Å². The van der Waals surface area contributed by atoms with Crippen molar-refractivity contribution in [2.45, 2.75) is 32.7 Å². The van der Waals surface area contributed by atoms with Crippen molar-refractivity contribution in [1.82, 2.24) is 15.5 Å². The number of likely N-dealkylation sites (tertiary alicyclic amines) is 1. The van der Waals surface area contributed by atoms with E-state index < -0.39 is 9.84 Å². The molecule has 2 N–H and O–H groups in total. The lowest BCUT2D eigenvalue weighted by Gasteiger charge is -2.35. The summed E-state index contributed by atoms with van der Waals surface area (Å²) in [5.74, 6) is 2.75. The molecule has 0 radical (unpaired) electrons. The summed E-state index contributed by atoms with van der Waals surface area (Å²) in [6, 6.07) is -0.00812. The van der Waals surface area contributed by atoms with Crippen LogP contribution in [0.15, 0.2) is 4.99 Å². The summed E-state index contributed by atoms with van der Waals surface area (Å²) in [5.41, 5.74) is 0. The van der Waals surface area contributed by atoms with Crippen LogP contribution in [-0.2, 0) is 9.84 Å². The van der Waals surface area contributed by atoms with Crippen LogP contribution < -0.4 is 10.6 Å². The van der Waals surface area contributed by atoms with Gasteiger partial charge in [-0.1, -0.05) is 13.8 Å². The average Bonchev–Trinajstić information content (AvgIpc) is 2.75. The molecule has 2 aliphatic heterocycles. The Morgan fingerprint density at radius 3 is 2.43 bits per heavy atom. The van der Waals surface area contributed by atoms with Crippen molar-refractivity contribution in [2.24, 2.45) is 16.8 Å². The molecule has 0 aromatic carbocycles. The van der Waals surface area contributed by atoms with Crippen LogP contribution >= 0.6 is 24.0 Å². The van der Waals surface area contributed by atoms with Gasteiger partial charge >= 0.3 is 0 Å². The van der Waals surface area contributed by atoms with Gasteiger partial charge in [-0.3, -0.25) is 4.99 Å². The van der Waals surface area contributed by atoms with E-state index >= 15 is 0 Å². The Kier molecular flexibility index (Phi) is 8.57. The normalized spacial score (nSPS) is 31.4. The molecule has 2 rings (SSSR count). The molecule has 0 amide bonds. The third kappa shape index (κ3) is 7.13. The van der Waals surface area contributed by atoms with Gasteiger partial charge in [0.2, 0.25) is 0 Å². The Bertz CT molecular complexity index is 488. The molecule has 0 aromatic rings. The van der Waals surface area contributed by atoms with E-state index in [0.717, 1.165) is 24.9 Å². The van der Waals surface area contributed by atoms with Crippen LogP contribution in [0.4, 0.5) is 0 Å². The lowest BCUT2D eigenvalue weighted by atomic mass is 9.92. The first-order chi connectivity index (χ1) is 10.4. The molecule has 0 saturated carbocycles. The molecule has 3 unspecified atom stereocenters. The first-order valence-corrected chi connectivity index (χ1v) is 10.1. The highest BCUT2D eigenvalue weighted by atomic mass is 127. The first kappa shape index (κ1) is 21.0. The van der Waals surface area contributed by atoms with E-state index in [1.165, 1.54) is 19.5 Å². The summed E-state index contributed by atoms with van der Waals surface area (Å²) in [5, 5.41) is 6.52. The number of nitrogens with one attached hydrogen (secondary N) is 2. The van der Waals surface area contributed by atoms with Gasteiger partial charge in [0.15, 0.2) is 15.8 Å². The molecule has 8 heteroatoms. The van der Waals surface area contributed by atoms with E-state index in [4.69, 9.17) is 0 Å². The number of halogens is 1. The van der Waals surface area contributed by atoms with Crippen molar-refractivity contribution in [3.8, 4) is 0 Å². The van der Waals surface area contributed by atoms with E-state index in [1.807, 2.05) is 0 Å². The summed E-state index contributed by atoms with van der Waals surface area (Å²) in [7, 11) is -1.13. The number of hydrogen-bond donors (Lipinski definition) is 2. The van der Waals surface area contributed by atoms with E-state index in [9.17, 15) is 8.42 Å². The fraction of sp³-hybridized carbons (Fsp3) is 0.933. The van der Waals surface area contributed by atoms with Gasteiger partial charge in [-0.25, -0.2) is 8.42 Å². The highest BCUT2D eigenvalue weighted by Gasteiger charge is 2.28. The second kappa shape index (κ2) is 9.41. The molecule has 2 saturated heterocycles. The van der Waals surface area contributed by atoms with Crippen LogP contribution in [0, 0.1) is 11.8 Å². The van der Waals surface area contributed by atoms with Crippen LogP contribution in [0.2, 0.25) is 0 Å². The highest BCUT2D eigenvalue weighted by molar-refractivity contribution is 14.0. The second-order valence-corrected chi connectivity index (χ2v) is 9.18. The molecule has 2 fully saturated rings. The van der Waals surface area contributed by atoms with Gasteiger partial charge in [0.1, 0.15) is 0 Å². The van der Waals surface area contributed by atoms with Crippen molar-refractivity contribution in [1.29, 1.82) is 0 Å². The van der Waals surface area contributed by atoms with Gasteiger partial charge in [0.25, 0.3) is 0 Å². The minimum absolute atomic E-state index is 0. The topological polar surface area (TPSA) is 73.8 Å². The molecular formula is C15H31IN4O2S. The Balaban J connectivity index is 0.00000264. The summed E-state index contributed by atoms with van der Waals surface area (Å²) in [6.07, 6.45) is 1.99. The smallest absolute Gasteiger partial charge is 0.191 e. The van der Waals surface area contributed by atoms with E-state index in [1.54, 1.807) is 7.05 Å². The molecule has 0 bridgehead atoms. The quantitative estimate of drug-likeness (QED) is 0.373. The van der Waals surface area contributed by atoms with Crippen LogP contribution in [0.1, 0.15) is 26.7 Å². The number of hydrogen-bond acceptors (Lipinski definition) is 4. The molecule has 3 atom stereocenters. The number of aliphatic imine (C=N–C) groups is 1. The fourth-order valence-electron chi connectivity index (χ4n) is 3.60. The van der Waals surface area contributed by atoms with Crippen molar-refractivity contribution < 1.29 is 8.42 Å². The average molecular weight is 458 g/mol. The first-order valence-electron chi connectivity index (χ1n) is 8.28. The lowest BCUT2D eigenvalue weighted by molar-refractivity contribution is 0.143. The van der Waals surface area contributed by atoms with Crippen LogP contribution in [0.25, 0.3) is 0 Å². The molecule has 0 aliphatic carbocycles. The molecule has 0 aromatic heterocycles. The van der Waals surface area contributed by atoms with Crippen LogP contribution in [0.5, 0.6) is 0 Å². The third-order valence-corrected chi connectivity index (χ3v) is 6.23. The Morgan fingerprint density at radius 1 is 1.26 bits per heavy atom. The second-order valence-electron chi connectivity index (χ2n) is 6.95. The Labute approximate surface area is 157 Å². The molecule has 0 spiro atoms. The Morgan fingerprint density at radius 2 is 1.91 bits per heavy atom. The van der Waals surface area contributed by atoms with Gasteiger partial charge in [0.05, 0.1) is 11.5 Å². The predicted octanol–water partition coefficient (Wildman–Crippen LogP) is 0.934. The maximum absolute atomic E-state index is 11.5. The minimum Gasteiger partial charge on any atom is -0.355 e. The highest BCUT2D eigenvalue weighted by Crippen LogP contribution is 2.20. The molecule has 2 heterocycles. The van der Waals surface area contributed by atoms with Gasteiger partial charge in [-0.05, 0) is 24.7 Å². The molecule has 2 aliphatic rings. The molecule has 23 heavy (non-hydrogen) atoms. The zero-order valence-electron chi connectivity index (χ0n) is 14.4. The monoisotopic (exact) mass is 458 g/mol. The summed E-state index contributed by atoms with van der Waals surface area (Å²) >= 11 is 0. The largest absolute Gasteiger partial charge is 0.355 e. The van der Waals surface area contributed by atoms with E-state index in [0.29, 0.717) is 12.4 Å². The number of piperidine rings is 1. The maximum atomic E-state index is 11.5. The number of rotatable bonds is 4. The summed E-state index contributed by atoms with van der Waals surface area (Å²) in [4.78, 5) is 6.69. The predicted molar refractivity (Wildman–Crippen MR) is 106 cm³/mol. The van der Waals surface area contributed by atoms with Gasteiger partial charge in [-0.2, -0.15) is 0 Å². The molecule has 136 valence electrons. The van der Waals surface area contributed by atoms with Crippen molar-refractivity contribution in [3.63, 3.8) is 0 Å². The van der Waals surface area contributed by atoms with Gasteiger partial charge in [-0.15, -0.1) is 24.0 Å². The lowest BCUT2D eigenvalue weighted by Crippen LogP contribution is -2.47. The number of sulfone groups is 1. The van der Waals surface area contributed by atoms with Gasteiger partial charge in [0, 0.05) is 39.3 Å².